The van der Waals surface area contributed by atoms with E-state index in [-0.39, 0.29) is 5.70 Å². The quantitative estimate of drug-likeness (QED) is 0.631. The fourth-order valence-corrected chi connectivity index (χ4v) is 3.02. The molecular formula is C19H26N2O4. The Morgan fingerprint density at radius 1 is 1.32 bits per heavy atom. The van der Waals surface area contributed by atoms with Gasteiger partial charge in [0, 0.05) is 18.8 Å². The molecule has 25 heavy (non-hydrogen) atoms. The minimum Gasteiger partial charge on any atom is -0.466 e. The molecule has 0 spiro atoms. The Morgan fingerprint density at radius 2 is 2.12 bits per heavy atom. The summed E-state index contributed by atoms with van der Waals surface area (Å²) in [6.07, 6.45) is 3.61. The molecule has 1 N–H and O–H groups in total. The van der Waals surface area contributed by atoms with Gasteiger partial charge in [0.1, 0.15) is 5.70 Å². The van der Waals surface area contributed by atoms with Crippen LogP contribution in [0.5, 0.6) is 0 Å². The van der Waals surface area contributed by atoms with Gasteiger partial charge in [-0.1, -0.05) is 19.1 Å². The second-order valence-corrected chi connectivity index (χ2v) is 6.38. The molecule has 0 saturated carbocycles. The molecule has 1 unspecified atom stereocenters. The number of rotatable bonds is 6. The van der Waals surface area contributed by atoms with Crippen LogP contribution in [0.25, 0.3) is 0 Å². The first kappa shape index (κ1) is 19.0. The standard InChI is InChI=1S/C19H26N2O4/c1-14-6-5-9-21(12-14)13-15-7-4-8-16(10-15)20-17(19(23)25-3)11-18(22)24-2/h4,7-8,10-11,14,20H,5-6,9,12-13H2,1-3H3/b17-11+. The number of nitrogens with one attached hydrogen (secondary N) is 1. The maximum absolute atomic E-state index is 11.8. The Kier molecular flexibility index (Phi) is 7.01. The SMILES string of the molecule is COC(=O)/C=C(/Nc1cccc(CN2CCCC(C)C2)c1)C(=O)OC. The molecule has 1 aromatic rings. The molecule has 0 radical (unpaired) electrons. The molecule has 1 fully saturated rings. The Bertz CT molecular complexity index is 642. The van der Waals surface area contributed by atoms with Crippen molar-refractivity contribution in [2.45, 2.75) is 26.3 Å². The number of piperidine rings is 1. The number of benzene rings is 1. The van der Waals surface area contributed by atoms with Gasteiger partial charge in [-0.05, 0) is 43.0 Å². The summed E-state index contributed by atoms with van der Waals surface area (Å²) in [5, 5.41) is 2.95. The highest BCUT2D eigenvalue weighted by atomic mass is 16.5. The predicted octanol–water partition coefficient (Wildman–Crippen LogP) is 2.56. The van der Waals surface area contributed by atoms with Crippen LogP contribution in [0, 0.1) is 5.92 Å². The average Bonchev–Trinajstić information content (AvgIpc) is 2.60. The first-order chi connectivity index (χ1) is 12.0. The summed E-state index contributed by atoms with van der Waals surface area (Å²) >= 11 is 0. The van der Waals surface area contributed by atoms with Crippen LogP contribution >= 0.6 is 0 Å². The molecule has 0 amide bonds. The first-order valence-corrected chi connectivity index (χ1v) is 8.48. The molecular weight excluding hydrogens is 320 g/mol. The summed E-state index contributed by atoms with van der Waals surface area (Å²) in [4.78, 5) is 25.7. The zero-order chi connectivity index (χ0) is 18.2. The summed E-state index contributed by atoms with van der Waals surface area (Å²) < 4.78 is 9.29. The van der Waals surface area contributed by atoms with Crippen molar-refractivity contribution in [1.29, 1.82) is 0 Å². The van der Waals surface area contributed by atoms with Gasteiger partial charge in [-0.25, -0.2) is 9.59 Å². The summed E-state index contributed by atoms with van der Waals surface area (Å²) in [6, 6.07) is 7.81. The molecule has 1 saturated heterocycles. The summed E-state index contributed by atoms with van der Waals surface area (Å²) in [7, 11) is 2.52. The lowest BCUT2D eigenvalue weighted by atomic mass is 10.00. The van der Waals surface area contributed by atoms with Crippen LogP contribution in [-0.2, 0) is 25.6 Å². The van der Waals surface area contributed by atoms with Gasteiger partial charge in [0.05, 0.1) is 20.3 Å². The highest BCUT2D eigenvalue weighted by Gasteiger charge is 2.17. The molecule has 1 heterocycles. The van der Waals surface area contributed by atoms with E-state index in [1.165, 1.54) is 27.1 Å². The Balaban J connectivity index is 2.09. The zero-order valence-corrected chi connectivity index (χ0v) is 15.1. The monoisotopic (exact) mass is 346 g/mol. The number of esters is 2. The van der Waals surface area contributed by atoms with Crippen LogP contribution in [0.1, 0.15) is 25.3 Å². The topological polar surface area (TPSA) is 67.9 Å². The normalized spacial score (nSPS) is 18.5. The molecule has 1 aromatic carbocycles. The van der Waals surface area contributed by atoms with Gasteiger partial charge in [0.2, 0.25) is 0 Å². The smallest absolute Gasteiger partial charge is 0.354 e. The van der Waals surface area contributed by atoms with Gasteiger partial charge in [0.25, 0.3) is 0 Å². The molecule has 0 bridgehead atoms. The van der Waals surface area contributed by atoms with Crippen LogP contribution in [-0.4, -0.2) is 44.1 Å². The van der Waals surface area contributed by atoms with Gasteiger partial charge in [0.15, 0.2) is 0 Å². The van der Waals surface area contributed by atoms with E-state index in [0.29, 0.717) is 0 Å². The zero-order valence-electron chi connectivity index (χ0n) is 15.1. The maximum atomic E-state index is 11.8. The number of carbonyl (C=O) groups is 2. The van der Waals surface area contributed by atoms with E-state index in [1.807, 2.05) is 18.2 Å². The van der Waals surface area contributed by atoms with E-state index in [0.717, 1.165) is 42.9 Å². The molecule has 6 nitrogen and oxygen atoms in total. The lowest BCUT2D eigenvalue weighted by molar-refractivity contribution is -0.138. The summed E-state index contributed by atoms with van der Waals surface area (Å²) in [6.45, 7) is 5.36. The van der Waals surface area contributed by atoms with Crippen molar-refractivity contribution in [3.8, 4) is 0 Å². The van der Waals surface area contributed by atoms with Crippen molar-refractivity contribution < 1.29 is 19.1 Å². The lowest BCUT2D eigenvalue weighted by Crippen LogP contribution is -2.33. The third kappa shape index (κ3) is 5.90. The van der Waals surface area contributed by atoms with E-state index >= 15 is 0 Å². The molecule has 6 heteroatoms. The molecule has 2 rings (SSSR count). The minimum atomic E-state index is -0.624. The molecule has 1 aliphatic heterocycles. The average molecular weight is 346 g/mol. The van der Waals surface area contributed by atoms with Crippen molar-refractivity contribution >= 4 is 17.6 Å². The van der Waals surface area contributed by atoms with Crippen molar-refractivity contribution in [3.63, 3.8) is 0 Å². The molecule has 0 aliphatic carbocycles. The predicted molar refractivity (Wildman–Crippen MR) is 95.9 cm³/mol. The van der Waals surface area contributed by atoms with E-state index < -0.39 is 11.9 Å². The summed E-state index contributed by atoms with van der Waals surface area (Å²) in [5.41, 5.74) is 1.92. The number of hydrogen-bond donors (Lipinski definition) is 1. The van der Waals surface area contributed by atoms with E-state index in [9.17, 15) is 9.59 Å². The fourth-order valence-electron chi connectivity index (χ4n) is 3.02. The van der Waals surface area contributed by atoms with Gasteiger partial charge in [-0.3, -0.25) is 4.90 Å². The van der Waals surface area contributed by atoms with E-state index in [1.54, 1.807) is 0 Å². The third-order valence-electron chi connectivity index (χ3n) is 4.22. The maximum Gasteiger partial charge on any atom is 0.354 e. The minimum absolute atomic E-state index is 0.0399. The Hall–Kier alpha value is -2.34. The molecule has 1 atom stereocenters. The number of ether oxygens (including phenoxy) is 2. The number of likely N-dealkylation sites (tertiary alicyclic amines) is 1. The van der Waals surface area contributed by atoms with Crippen molar-refractivity contribution in [3.05, 3.63) is 41.6 Å². The van der Waals surface area contributed by atoms with Crippen LogP contribution in [0.2, 0.25) is 0 Å². The largest absolute Gasteiger partial charge is 0.466 e. The Morgan fingerprint density at radius 3 is 2.80 bits per heavy atom. The van der Waals surface area contributed by atoms with Crippen LogP contribution in [0.3, 0.4) is 0 Å². The number of anilines is 1. The van der Waals surface area contributed by atoms with E-state index in [4.69, 9.17) is 4.74 Å². The number of nitrogens with zero attached hydrogens (tertiary/aromatic N) is 1. The van der Waals surface area contributed by atoms with Crippen molar-refractivity contribution in [2.75, 3.05) is 32.6 Å². The van der Waals surface area contributed by atoms with Gasteiger partial charge in [-0.2, -0.15) is 0 Å². The fraction of sp³-hybridized carbons (Fsp3) is 0.474. The van der Waals surface area contributed by atoms with Crippen molar-refractivity contribution in [2.24, 2.45) is 5.92 Å². The second kappa shape index (κ2) is 9.22. The van der Waals surface area contributed by atoms with Crippen LogP contribution in [0.4, 0.5) is 5.69 Å². The number of carbonyl (C=O) groups excluding carboxylic acids is 2. The van der Waals surface area contributed by atoms with Gasteiger partial charge < -0.3 is 14.8 Å². The van der Waals surface area contributed by atoms with Gasteiger partial charge >= 0.3 is 11.9 Å². The highest BCUT2D eigenvalue weighted by molar-refractivity contribution is 5.98. The summed E-state index contributed by atoms with van der Waals surface area (Å²) in [5.74, 6) is -0.518. The second-order valence-electron chi connectivity index (χ2n) is 6.38. The molecule has 0 aromatic heterocycles. The lowest BCUT2D eigenvalue weighted by Gasteiger charge is -2.30. The number of hydrogen-bond acceptors (Lipinski definition) is 6. The highest BCUT2D eigenvalue weighted by Crippen LogP contribution is 2.20. The molecule has 136 valence electrons. The Labute approximate surface area is 148 Å². The third-order valence-corrected chi connectivity index (χ3v) is 4.22. The van der Waals surface area contributed by atoms with Crippen LogP contribution in [0.15, 0.2) is 36.0 Å². The van der Waals surface area contributed by atoms with E-state index in [2.05, 4.69) is 27.9 Å². The first-order valence-electron chi connectivity index (χ1n) is 8.48. The van der Waals surface area contributed by atoms with Gasteiger partial charge in [-0.15, -0.1) is 0 Å². The van der Waals surface area contributed by atoms with Crippen molar-refractivity contribution in [1.82, 2.24) is 4.90 Å². The molecule has 1 aliphatic rings. The van der Waals surface area contributed by atoms with Crippen LogP contribution < -0.4 is 5.32 Å². The number of methoxy groups -OCH3 is 2.